The SMILES string of the molecule is CC(C)([PH3+])[PH3+].CC(C)([PH3+])[PH3+].[C-]#N.[C-]#N.[C-]#N.[C-]#N.[Pt].[Pt]. The molecular weight excluding hydrogens is 690 g/mol. The maximum absolute atomic E-state index is 6.25. The Morgan fingerprint density at radius 1 is 0.500 bits per heavy atom. The first-order valence-corrected chi connectivity index (χ1v) is 7.14. The van der Waals surface area contributed by atoms with Gasteiger partial charge in [0.1, 0.15) is 0 Å². The van der Waals surface area contributed by atoms with E-state index in [1.165, 1.54) is 0 Å². The molecule has 10 heteroatoms. The average Bonchev–Trinajstić information content (AvgIpc) is 2.24. The Morgan fingerprint density at radius 3 is 0.500 bits per heavy atom. The summed E-state index contributed by atoms with van der Waals surface area (Å²) in [6, 6.07) is 0. The van der Waals surface area contributed by atoms with E-state index in [1.54, 1.807) is 0 Å². The van der Waals surface area contributed by atoms with Gasteiger partial charge in [-0.05, 0) is 0 Å². The van der Waals surface area contributed by atoms with Crippen LogP contribution in [-0.4, -0.2) is 9.79 Å². The molecule has 0 bridgehead atoms. The molecule has 0 saturated carbocycles. The number of nitrogens with zero attached hydrogens (tertiary/aromatic N) is 4. The molecule has 0 N–H and O–H groups in total. The molecule has 0 heterocycles. The van der Waals surface area contributed by atoms with Crippen LogP contribution in [0.15, 0.2) is 0 Å². The predicted molar refractivity (Wildman–Crippen MR) is 92.4 cm³/mol. The van der Waals surface area contributed by atoms with E-state index in [1.807, 2.05) is 37.0 Å². The molecule has 20 heavy (non-hydrogen) atoms. The van der Waals surface area contributed by atoms with Gasteiger partial charge in [-0.2, -0.15) is 0 Å². The second-order valence-corrected chi connectivity index (χ2v) is 14.0. The van der Waals surface area contributed by atoms with E-state index in [0.29, 0.717) is 9.79 Å². The van der Waals surface area contributed by atoms with Gasteiger partial charge >= 0.3 is 0 Å². The summed E-state index contributed by atoms with van der Waals surface area (Å²) < 4.78 is 0. The molecule has 0 saturated heterocycles. The Hall–Kier alpha value is 1.06. The number of hydrogen-bond donors (Lipinski definition) is 0. The van der Waals surface area contributed by atoms with Gasteiger partial charge in [0.2, 0.25) is 0 Å². The fourth-order valence-electron chi connectivity index (χ4n) is 0. The molecule has 0 rings (SSSR count). The molecule has 124 valence electrons. The Kier molecular flexibility index (Phi) is 106. The van der Waals surface area contributed by atoms with Crippen LogP contribution >= 0.6 is 37.0 Å². The van der Waals surface area contributed by atoms with Crippen LogP contribution in [0.5, 0.6) is 0 Å². The molecule has 0 radical (unpaired) electrons. The third-order valence-electron chi connectivity index (χ3n) is 0. The maximum Gasteiger partial charge on any atom is 0.158 e. The van der Waals surface area contributed by atoms with Gasteiger partial charge in [-0.25, -0.2) is 0 Å². The summed E-state index contributed by atoms with van der Waals surface area (Å²) in [5.74, 6) is 0. The maximum atomic E-state index is 6.25. The van der Waals surface area contributed by atoms with Crippen LogP contribution in [0.25, 0.3) is 0 Å². The normalized spacial score (nSPS) is 7.00. The first-order chi connectivity index (χ1) is 8.00. The molecule has 0 amide bonds. The van der Waals surface area contributed by atoms with Crippen LogP contribution in [0.2, 0.25) is 0 Å². The van der Waals surface area contributed by atoms with Crippen molar-refractivity contribution < 1.29 is 42.1 Å². The summed E-state index contributed by atoms with van der Waals surface area (Å²) in [5.41, 5.74) is 0. The summed E-state index contributed by atoms with van der Waals surface area (Å²) in [6.07, 6.45) is 0. The van der Waals surface area contributed by atoms with Crippen molar-refractivity contribution in [2.45, 2.75) is 37.5 Å². The summed E-state index contributed by atoms with van der Waals surface area (Å²) in [5, 5.41) is 25.0. The van der Waals surface area contributed by atoms with E-state index in [-0.39, 0.29) is 42.1 Å². The first kappa shape index (κ1) is 49.7. The van der Waals surface area contributed by atoms with E-state index in [0.717, 1.165) is 0 Å². The van der Waals surface area contributed by atoms with Crippen LogP contribution in [0, 0.1) is 47.3 Å². The van der Waals surface area contributed by atoms with Crippen LogP contribution < -0.4 is 0 Å². The van der Waals surface area contributed by atoms with Gasteiger partial charge in [0.15, 0.2) is 9.79 Å². The van der Waals surface area contributed by atoms with Crippen molar-refractivity contribution in [3.63, 3.8) is 0 Å². The van der Waals surface area contributed by atoms with Crippen molar-refractivity contribution in [2.24, 2.45) is 0 Å². The zero-order valence-corrected chi connectivity index (χ0v) is 22.5. The Morgan fingerprint density at radius 2 is 0.500 bits per heavy atom. The van der Waals surface area contributed by atoms with Gasteiger partial charge in [0.25, 0.3) is 0 Å². The topological polar surface area (TPSA) is 95.2 Å². The molecule has 4 unspecified atom stereocenters. The second-order valence-electron chi connectivity index (χ2n) is 4.33. The zero-order chi connectivity index (χ0) is 17.0. The standard InChI is InChI=1S/2C3H10P2.4CN.2Pt/c2*1-3(2,4)5;4*1-2;;/h2*4-5H2,1-2H3;;;;;;/q;;4*-1;;/p+4. The molecule has 4 nitrogen and oxygen atoms in total. The van der Waals surface area contributed by atoms with Gasteiger partial charge in [-0.1, -0.05) is 0 Å². The van der Waals surface area contributed by atoms with E-state index < -0.39 is 0 Å². The first-order valence-electron chi connectivity index (χ1n) is 4.31. The molecule has 0 aliphatic heterocycles. The average molecular weight is 714 g/mol. The van der Waals surface area contributed by atoms with Crippen molar-refractivity contribution in [1.29, 1.82) is 21.0 Å². The molecule has 0 aliphatic carbocycles. The fourth-order valence-corrected chi connectivity index (χ4v) is 0. The molecule has 0 aliphatic rings. The molecule has 0 spiro atoms. The van der Waals surface area contributed by atoms with Crippen molar-refractivity contribution in [2.75, 3.05) is 0 Å². The van der Waals surface area contributed by atoms with Crippen LogP contribution in [0.1, 0.15) is 27.7 Å². The number of rotatable bonds is 0. The molecule has 0 aromatic heterocycles. The van der Waals surface area contributed by atoms with Gasteiger partial charge in [-0.15, -0.1) is 0 Å². The fraction of sp³-hybridized carbons (Fsp3) is 0.600. The van der Waals surface area contributed by atoms with Crippen LogP contribution in [-0.2, 0) is 42.1 Å². The summed E-state index contributed by atoms with van der Waals surface area (Å²) in [7, 11) is 8.10. The molecule has 0 aromatic carbocycles. The Balaban J connectivity index is -0.0000000151. The third kappa shape index (κ3) is 5570. The zero-order valence-electron chi connectivity index (χ0n) is 12.2. The van der Waals surface area contributed by atoms with E-state index >= 15 is 0 Å². The molecule has 0 fully saturated rings. The van der Waals surface area contributed by atoms with Crippen molar-refractivity contribution in [1.82, 2.24) is 0 Å². The summed E-state index contributed by atoms with van der Waals surface area (Å²) in [4.78, 5) is 1.11. The van der Waals surface area contributed by atoms with Crippen molar-refractivity contribution in [3.05, 3.63) is 26.3 Å². The van der Waals surface area contributed by atoms with Crippen LogP contribution in [0.4, 0.5) is 0 Å². The Bertz CT molecular complexity index is 169. The van der Waals surface area contributed by atoms with E-state index in [2.05, 4.69) is 27.7 Å². The van der Waals surface area contributed by atoms with E-state index in [9.17, 15) is 0 Å². The van der Waals surface area contributed by atoms with Gasteiger partial charge in [0, 0.05) is 107 Å². The molecule has 4 atom stereocenters. The Labute approximate surface area is 163 Å². The molecular formula is C10H24N4P4Pt2. The number of hydrogen-bond acceptors (Lipinski definition) is 4. The largest absolute Gasteiger partial charge is 0.512 e. The van der Waals surface area contributed by atoms with Crippen molar-refractivity contribution in [3.8, 4) is 0 Å². The minimum atomic E-state index is 0. The minimum absolute atomic E-state index is 0. The predicted octanol–water partition coefficient (Wildman–Crippen LogP) is 2.26. The van der Waals surface area contributed by atoms with Crippen molar-refractivity contribution >= 4 is 37.0 Å². The van der Waals surface area contributed by atoms with Gasteiger partial charge in [0.05, 0.1) is 0 Å². The monoisotopic (exact) mass is 714 g/mol. The smallest absolute Gasteiger partial charge is 0.158 e. The van der Waals surface area contributed by atoms with Gasteiger partial charge < -0.3 is 47.3 Å². The summed E-state index contributed by atoms with van der Waals surface area (Å²) in [6.45, 7) is 27.8. The molecule has 0 aromatic rings. The minimum Gasteiger partial charge on any atom is -0.512 e. The quantitative estimate of drug-likeness (QED) is 0.285. The second kappa shape index (κ2) is 42.7. The van der Waals surface area contributed by atoms with Crippen LogP contribution in [0.3, 0.4) is 0 Å². The van der Waals surface area contributed by atoms with E-state index in [4.69, 9.17) is 47.3 Å². The third-order valence-corrected chi connectivity index (χ3v) is 0. The summed E-state index contributed by atoms with van der Waals surface area (Å²) >= 11 is 0. The van der Waals surface area contributed by atoms with Gasteiger partial charge in [-0.3, -0.25) is 0 Å².